The van der Waals surface area contributed by atoms with Gasteiger partial charge >= 0.3 is 6.18 Å². The molecule has 2 amide bonds. The number of halogens is 5. The largest absolute Gasteiger partial charge is 0.408 e. The first-order valence-corrected chi connectivity index (χ1v) is 15.0. The molecule has 1 aliphatic heterocycles. The molecule has 12 nitrogen and oxygen atoms in total. The van der Waals surface area contributed by atoms with Gasteiger partial charge in [0.15, 0.2) is 11.3 Å². The summed E-state index contributed by atoms with van der Waals surface area (Å²) < 4.78 is 79.3. The number of hydrogen-bond acceptors (Lipinski definition) is 10. The lowest BCUT2D eigenvalue weighted by Gasteiger charge is -2.33. The van der Waals surface area contributed by atoms with Crippen LogP contribution in [-0.2, 0) is 17.6 Å². The Morgan fingerprint density at radius 3 is 2.58 bits per heavy atom. The Morgan fingerprint density at radius 1 is 1.20 bits per heavy atom. The fourth-order valence-electron chi connectivity index (χ4n) is 6.17. The summed E-state index contributed by atoms with van der Waals surface area (Å²) in [6, 6.07) is -1.20. The van der Waals surface area contributed by atoms with E-state index >= 15 is 0 Å². The maximum absolute atomic E-state index is 14.0. The Morgan fingerprint density at radius 2 is 1.96 bits per heavy atom. The summed E-state index contributed by atoms with van der Waals surface area (Å²) in [5.74, 6) is -4.26. The van der Waals surface area contributed by atoms with E-state index in [9.17, 15) is 31.5 Å². The van der Waals surface area contributed by atoms with Crippen molar-refractivity contribution in [2.45, 2.75) is 83.0 Å². The fourth-order valence-corrected chi connectivity index (χ4v) is 6.66. The van der Waals surface area contributed by atoms with E-state index in [2.05, 4.69) is 45.0 Å². The van der Waals surface area contributed by atoms with E-state index in [0.29, 0.717) is 21.9 Å². The molecule has 240 valence electrons. The number of carbonyl (C=O) groups is 2. The van der Waals surface area contributed by atoms with Crippen molar-refractivity contribution in [3.63, 3.8) is 0 Å². The highest BCUT2D eigenvalue weighted by Crippen LogP contribution is 2.43. The molecule has 18 heteroatoms. The first-order chi connectivity index (χ1) is 21.2. The van der Waals surface area contributed by atoms with Gasteiger partial charge in [0.2, 0.25) is 11.8 Å². The van der Waals surface area contributed by atoms with Crippen LogP contribution in [0.4, 0.5) is 22.0 Å². The van der Waals surface area contributed by atoms with Gasteiger partial charge in [0, 0.05) is 19.3 Å². The molecule has 1 saturated carbocycles. The number of aromatic nitrogens is 7. The molecular weight excluding hydrogens is 625 g/mol. The van der Waals surface area contributed by atoms with Crippen LogP contribution in [0.15, 0.2) is 23.1 Å². The van der Waals surface area contributed by atoms with E-state index in [1.165, 1.54) is 17.6 Å². The lowest BCUT2D eigenvalue weighted by Crippen LogP contribution is -2.39. The molecule has 0 bridgehead atoms. The number of aryl methyl sites for hydroxylation is 2. The fraction of sp³-hybridized carbons (Fsp3) is 0.556. The second-order valence-electron chi connectivity index (χ2n) is 11.8. The zero-order valence-corrected chi connectivity index (χ0v) is 24.9. The molecule has 1 saturated heterocycles. The van der Waals surface area contributed by atoms with Crippen LogP contribution in [0.2, 0.25) is 0 Å². The molecule has 1 aliphatic carbocycles. The number of carbonyl (C=O) groups excluding carboxylic acids is 2. The summed E-state index contributed by atoms with van der Waals surface area (Å²) in [4.78, 5) is 35.1. The van der Waals surface area contributed by atoms with Gasteiger partial charge in [0.1, 0.15) is 22.6 Å². The third-order valence-corrected chi connectivity index (χ3v) is 9.14. The summed E-state index contributed by atoms with van der Waals surface area (Å²) in [6.07, 6.45) is -2.77. The van der Waals surface area contributed by atoms with Gasteiger partial charge in [-0.25, -0.2) is 27.9 Å². The number of nitrogens with zero attached hydrogens (tertiary/aromatic N) is 7. The van der Waals surface area contributed by atoms with Crippen molar-refractivity contribution in [1.82, 2.24) is 44.9 Å². The van der Waals surface area contributed by atoms with Gasteiger partial charge in [-0.05, 0) is 73.8 Å². The average molecular weight is 654 g/mol. The Kier molecular flexibility index (Phi) is 7.81. The average Bonchev–Trinajstić information content (AvgIpc) is 3.75. The summed E-state index contributed by atoms with van der Waals surface area (Å²) in [5.41, 5.74) is -0.186. The predicted octanol–water partition coefficient (Wildman–Crippen LogP) is 4.10. The van der Waals surface area contributed by atoms with E-state index in [4.69, 9.17) is 0 Å². The molecule has 0 spiro atoms. The van der Waals surface area contributed by atoms with Gasteiger partial charge in [0.25, 0.3) is 5.91 Å². The zero-order chi connectivity index (χ0) is 32.1. The number of hydrogen-bond donors (Lipinski definition) is 2. The smallest absolute Gasteiger partial charge is 0.344 e. The van der Waals surface area contributed by atoms with Crippen molar-refractivity contribution >= 4 is 29.0 Å². The summed E-state index contributed by atoms with van der Waals surface area (Å²) in [6.45, 7) is 3.25. The zero-order valence-electron chi connectivity index (χ0n) is 24.1. The van der Waals surface area contributed by atoms with Gasteiger partial charge in [0.05, 0.1) is 29.5 Å². The quantitative estimate of drug-likeness (QED) is 0.268. The van der Waals surface area contributed by atoms with Crippen LogP contribution in [-0.4, -0.2) is 64.2 Å². The van der Waals surface area contributed by atoms with Crippen molar-refractivity contribution < 1.29 is 36.2 Å². The van der Waals surface area contributed by atoms with Crippen LogP contribution in [0.5, 0.6) is 0 Å². The maximum Gasteiger partial charge on any atom is 0.408 e. The van der Waals surface area contributed by atoms with Crippen molar-refractivity contribution in [1.29, 1.82) is 0 Å². The van der Waals surface area contributed by atoms with E-state index in [1.807, 2.05) is 0 Å². The predicted molar refractivity (Wildman–Crippen MR) is 146 cm³/mol. The summed E-state index contributed by atoms with van der Waals surface area (Å²) >= 11 is 1.10. The molecule has 3 atom stereocenters. The van der Waals surface area contributed by atoms with Gasteiger partial charge in [-0.15, -0.1) is 0 Å². The molecule has 0 radical (unpaired) electrons. The number of imidazole rings is 1. The molecule has 2 N–H and O–H groups in total. The Labute approximate surface area is 256 Å². The van der Waals surface area contributed by atoms with Crippen molar-refractivity contribution in [2.24, 2.45) is 11.3 Å². The highest BCUT2D eigenvalue weighted by molar-refractivity contribution is 7.05. The highest BCUT2D eigenvalue weighted by Gasteiger charge is 2.56. The number of nitrogens with one attached hydrogen (secondary N) is 2. The first-order valence-electron chi connectivity index (χ1n) is 14.2. The lowest BCUT2D eigenvalue weighted by molar-refractivity contribution is -0.155. The Balaban J connectivity index is 1.31. The Bertz CT molecular complexity index is 1730. The molecule has 5 heterocycles. The summed E-state index contributed by atoms with van der Waals surface area (Å²) in [5, 5.41) is 17.2. The second-order valence-corrected chi connectivity index (χ2v) is 12.8. The topological polar surface area (TPSA) is 153 Å². The molecule has 0 unspecified atom stereocenters. The first kappa shape index (κ1) is 30.9. The van der Waals surface area contributed by atoms with Crippen LogP contribution in [0.1, 0.15) is 76.4 Å². The van der Waals surface area contributed by atoms with Crippen LogP contribution in [0.3, 0.4) is 0 Å². The van der Waals surface area contributed by atoms with Crippen molar-refractivity contribution in [3.05, 3.63) is 51.9 Å². The van der Waals surface area contributed by atoms with E-state index in [-0.39, 0.29) is 61.7 Å². The van der Waals surface area contributed by atoms with Crippen LogP contribution < -0.4 is 10.6 Å². The van der Waals surface area contributed by atoms with Gasteiger partial charge in [-0.2, -0.15) is 22.6 Å². The molecule has 4 aromatic heterocycles. The molecule has 2 aliphatic rings. The van der Waals surface area contributed by atoms with Crippen molar-refractivity contribution in [3.8, 4) is 0 Å². The van der Waals surface area contributed by atoms with Crippen LogP contribution in [0, 0.1) is 25.2 Å². The standard InChI is InChI=1S/C27H28F5N9O3S/c1-13-21(39-44-38-13)23(42)37-22(16-3-5-26(28,29)6-4-16)17-12-41-20(35-17)7-15(11-33-41)8-25(10-19-34-14(2)45-40-19)9-18(27(30,31)32)36-24(25)43/h7,11-12,16,18,22H,3-6,8-10H2,1-2H3,(H,36,43)(H,37,42)/t18-,22-,25-/m0/s1. The monoisotopic (exact) mass is 653 g/mol. The summed E-state index contributed by atoms with van der Waals surface area (Å²) in [7, 11) is 0. The third-order valence-electron chi connectivity index (χ3n) is 8.49. The number of alkyl halides is 5. The van der Waals surface area contributed by atoms with Gasteiger partial charge in [-0.1, -0.05) is 5.16 Å². The molecule has 4 aromatic rings. The molecule has 45 heavy (non-hydrogen) atoms. The lowest BCUT2D eigenvalue weighted by atomic mass is 9.76. The highest BCUT2D eigenvalue weighted by atomic mass is 32.1. The van der Waals surface area contributed by atoms with E-state index < -0.39 is 47.8 Å². The normalized spacial score (nSPS) is 22.9. The van der Waals surface area contributed by atoms with Crippen LogP contribution >= 0.6 is 11.5 Å². The maximum atomic E-state index is 14.0. The molecule has 6 rings (SSSR count). The van der Waals surface area contributed by atoms with Gasteiger partial charge in [-0.3, -0.25) is 9.59 Å². The SMILES string of the molecule is Cc1nc(C[C@]2(Cc3cnn4cc([C@@H](NC(=O)c5nonc5C)C5CCC(F)(F)CC5)nc4c3)C[C@@H](C(F)(F)F)NC2=O)ns1. The number of rotatable bonds is 8. The van der Waals surface area contributed by atoms with E-state index in [0.717, 1.165) is 11.5 Å². The minimum absolute atomic E-state index is 0.0487. The Hall–Kier alpha value is -4.09. The molecule has 0 aromatic carbocycles. The number of fused-ring (bicyclic) bond motifs is 1. The van der Waals surface area contributed by atoms with Crippen LogP contribution in [0.25, 0.3) is 5.65 Å². The van der Waals surface area contributed by atoms with E-state index in [1.54, 1.807) is 19.2 Å². The minimum Gasteiger partial charge on any atom is -0.344 e. The molecule has 2 fully saturated rings. The number of amides is 2. The third kappa shape index (κ3) is 6.37. The van der Waals surface area contributed by atoms with Crippen molar-refractivity contribution in [2.75, 3.05) is 0 Å². The van der Waals surface area contributed by atoms with Gasteiger partial charge < -0.3 is 10.6 Å². The molecular formula is C27H28F5N9O3S. The minimum atomic E-state index is -4.63. The second kappa shape index (κ2) is 11.4.